The summed E-state index contributed by atoms with van der Waals surface area (Å²) in [6, 6.07) is 9.28. The van der Waals surface area contributed by atoms with Crippen molar-refractivity contribution in [2.75, 3.05) is 0 Å². The van der Waals surface area contributed by atoms with Gasteiger partial charge in [0.05, 0.1) is 4.91 Å². The van der Waals surface area contributed by atoms with Crippen LogP contribution >= 0.6 is 12.6 Å². The third-order valence-electron chi connectivity index (χ3n) is 1.63. The first-order chi connectivity index (χ1) is 7.09. The van der Waals surface area contributed by atoms with Crippen LogP contribution in [0.1, 0.15) is 12.5 Å². The lowest BCUT2D eigenvalue weighted by Crippen LogP contribution is -2.27. The molecule has 3 nitrogen and oxygen atoms in total. The third-order valence-corrected chi connectivity index (χ3v) is 1.96. The van der Waals surface area contributed by atoms with Crippen LogP contribution in [0, 0.1) is 0 Å². The van der Waals surface area contributed by atoms with Gasteiger partial charge < -0.3 is 0 Å². The van der Waals surface area contributed by atoms with Crippen molar-refractivity contribution in [1.29, 1.82) is 0 Å². The van der Waals surface area contributed by atoms with Gasteiger partial charge in [-0.05, 0) is 11.6 Å². The largest absolute Gasteiger partial charge is 0.292 e. The molecule has 0 spiro atoms. The molecule has 0 atom stereocenters. The zero-order valence-electron chi connectivity index (χ0n) is 8.23. The first-order valence-corrected chi connectivity index (χ1v) is 4.82. The number of hydrogen-bond acceptors (Lipinski definition) is 3. The van der Waals surface area contributed by atoms with Gasteiger partial charge in [0.15, 0.2) is 0 Å². The Kier molecular flexibility index (Phi) is 4.12. The van der Waals surface area contributed by atoms with Crippen LogP contribution in [0.4, 0.5) is 0 Å². The van der Waals surface area contributed by atoms with Gasteiger partial charge in [0.25, 0.3) is 5.91 Å². The molecule has 0 unspecified atom stereocenters. The molecule has 2 amide bonds. The van der Waals surface area contributed by atoms with Crippen molar-refractivity contribution >= 4 is 30.5 Å². The maximum Gasteiger partial charge on any atom is 0.263 e. The topological polar surface area (TPSA) is 46.2 Å². The molecule has 0 saturated carbocycles. The van der Waals surface area contributed by atoms with Crippen LogP contribution in [-0.4, -0.2) is 11.8 Å². The molecule has 1 rings (SSSR count). The minimum atomic E-state index is -0.491. The second-order valence-corrected chi connectivity index (χ2v) is 3.43. The highest BCUT2D eigenvalue weighted by atomic mass is 32.1. The summed E-state index contributed by atoms with van der Waals surface area (Å²) in [6.45, 7) is 1.28. The second kappa shape index (κ2) is 5.36. The summed E-state index contributed by atoms with van der Waals surface area (Å²) in [5, 5.41) is 2.14. The Labute approximate surface area is 93.6 Å². The summed E-state index contributed by atoms with van der Waals surface area (Å²) in [4.78, 5) is 22.1. The van der Waals surface area contributed by atoms with E-state index in [4.69, 9.17) is 0 Å². The second-order valence-electron chi connectivity index (χ2n) is 2.95. The zero-order valence-corrected chi connectivity index (χ0v) is 9.12. The third kappa shape index (κ3) is 3.99. The van der Waals surface area contributed by atoms with E-state index in [-0.39, 0.29) is 4.91 Å². The van der Waals surface area contributed by atoms with E-state index in [1.165, 1.54) is 6.92 Å². The Balaban J connectivity index is 2.76. The molecule has 0 bridgehead atoms. The molecule has 0 saturated heterocycles. The molecule has 0 aliphatic rings. The molecule has 0 aromatic heterocycles. The maximum atomic E-state index is 11.3. The van der Waals surface area contributed by atoms with E-state index in [0.717, 1.165) is 5.56 Å². The molecule has 15 heavy (non-hydrogen) atoms. The van der Waals surface area contributed by atoms with Crippen molar-refractivity contribution in [3.05, 3.63) is 40.8 Å². The SMILES string of the molecule is CC(=O)NC(=O)/C(S)=C/c1ccccc1. The average Bonchev–Trinajstić information content (AvgIpc) is 2.18. The molecule has 4 heteroatoms. The summed E-state index contributed by atoms with van der Waals surface area (Å²) < 4.78 is 0. The van der Waals surface area contributed by atoms with Crippen LogP contribution in [0.3, 0.4) is 0 Å². The first kappa shape index (κ1) is 11.5. The number of carbonyl (C=O) groups excluding carboxylic acids is 2. The zero-order chi connectivity index (χ0) is 11.3. The van der Waals surface area contributed by atoms with E-state index in [1.54, 1.807) is 6.08 Å². The van der Waals surface area contributed by atoms with Crippen molar-refractivity contribution in [3.8, 4) is 0 Å². The Bertz CT molecular complexity index is 398. The highest BCUT2D eigenvalue weighted by molar-refractivity contribution is 7.85. The number of carbonyl (C=O) groups is 2. The normalized spacial score (nSPS) is 10.9. The molecule has 1 N–H and O–H groups in total. The van der Waals surface area contributed by atoms with Gasteiger partial charge in [-0.15, -0.1) is 12.6 Å². The van der Waals surface area contributed by atoms with Gasteiger partial charge in [-0.2, -0.15) is 0 Å². The number of thiol groups is 1. The highest BCUT2D eigenvalue weighted by Gasteiger charge is 2.06. The molecular formula is C11H11NO2S. The van der Waals surface area contributed by atoms with Gasteiger partial charge in [0.1, 0.15) is 0 Å². The van der Waals surface area contributed by atoms with Crippen LogP contribution in [0.25, 0.3) is 6.08 Å². The molecule has 0 heterocycles. The van der Waals surface area contributed by atoms with E-state index in [2.05, 4.69) is 17.9 Å². The molecule has 0 radical (unpaired) electrons. The first-order valence-electron chi connectivity index (χ1n) is 4.37. The van der Waals surface area contributed by atoms with Crippen LogP contribution in [-0.2, 0) is 9.59 Å². The van der Waals surface area contributed by atoms with Crippen molar-refractivity contribution in [1.82, 2.24) is 5.32 Å². The maximum absolute atomic E-state index is 11.3. The van der Waals surface area contributed by atoms with Gasteiger partial charge in [-0.3, -0.25) is 14.9 Å². The van der Waals surface area contributed by atoms with Gasteiger partial charge >= 0.3 is 0 Å². The molecule has 78 valence electrons. The molecule has 1 aromatic carbocycles. The Morgan fingerprint density at radius 2 is 1.87 bits per heavy atom. The highest BCUT2D eigenvalue weighted by Crippen LogP contribution is 2.09. The molecule has 0 fully saturated rings. The van der Waals surface area contributed by atoms with Gasteiger partial charge in [-0.1, -0.05) is 30.3 Å². The van der Waals surface area contributed by atoms with E-state index in [1.807, 2.05) is 30.3 Å². The van der Waals surface area contributed by atoms with E-state index in [0.29, 0.717) is 0 Å². The monoisotopic (exact) mass is 221 g/mol. The van der Waals surface area contributed by atoms with Crippen molar-refractivity contribution in [2.24, 2.45) is 0 Å². The summed E-state index contributed by atoms with van der Waals surface area (Å²) in [5.41, 5.74) is 0.862. The molecule has 1 aromatic rings. The van der Waals surface area contributed by atoms with Crippen molar-refractivity contribution in [3.63, 3.8) is 0 Å². The van der Waals surface area contributed by atoms with Gasteiger partial charge in [0, 0.05) is 6.92 Å². The fourth-order valence-corrected chi connectivity index (χ4v) is 1.20. The van der Waals surface area contributed by atoms with Crippen LogP contribution in [0.5, 0.6) is 0 Å². The number of rotatable bonds is 2. The Morgan fingerprint density at radius 3 is 2.40 bits per heavy atom. The number of benzene rings is 1. The summed E-state index contributed by atoms with van der Waals surface area (Å²) in [5.74, 6) is -0.886. The average molecular weight is 221 g/mol. The fourth-order valence-electron chi connectivity index (χ4n) is 0.997. The lowest BCUT2D eigenvalue weighted by atomic mass is 10.2. The smallest absolute Gasteiger partial charge is 0.263 e. The Morgan fingerprint density at radius 1 is 1.27 bits per heavy atom. The predicted molar refractivity (Wildman–Crippen MR) is 62.2 cm³/mol. The molecule has 0 aliphatic heterocycles. The lowest BCUT2D eigenvalue weighted by molar-refractivity contribution is -0.126. The van der Waals surface area contributed by atoms with Gasteiger partial charge in [-0.25, -0.2) is 0 Å². The number of hydrogen-bond donors (Lipinski definition) is 2. The summed E-state index contributed by atoms with van der Waals surface area (Å²) >= 11 is 4.01. The minimum Gasteiger partial charge on any atom is -0.292 e. The summed E-state index contributed by atoms with van der Waals surface area (Å²) in [6.07, 6.45) is 1.60. The van der Waals surface area contributed by atoms with Gasteiger partial charge in [0.2, 0.25) is 5.91 Å². The van der Waals surface area contributed by atoms with E-state index in [9.17, 15) is 9.59 Å². The van der Waals surface area contributed by atoms with Crippen LogP contribution < -0.4 is 5.32 Å². The fraction of sp³-hybridized carbons (Fsp3) is 0.0909. The number of nitrogens with one attached hydrogen (secondary N) is 1. The van der Waals surface area contributed by atoms with Crippen LogP contribution in [0.2, 0.25) is 0 Å². The van der Waals surface area contributed by atoms with Crippen molar-refractivity contribution in [2.45, 2.75) is 6.92 Å². The number of amides is 2. The summed E-state index contributed by atoms with van der Waals surface area (Å²) in [7, 11) is 0. The lowest BCUT2D eigenvalue weighted by Gasteiger charge is -2.00. The van der Waals surface area contributed by atoms with E-state index < -0.39 is 11.8 Å². The van der Waals surface area contributed by atoms with Crippen LogP contribution in [0.15, 0.2) is 35.2 Å². The predicted octanol–water partition coefficient (Wildman–Crippen LogP) is 1.62. The Hall–Kier alpha value is -1.55. The standard InChI is InChI=1S/C11H11NO2S/c1-8(13)12-11(14)10(15)7-9-5-3-2-4-6-9/h2-7,15H,1H3,(H,12,13,14)/b10-7-. The number of imide groups is 1. The van der Waals surface area contributed by atoms with E-state index >= 15 is 0 Å². The molecular weight excluding hydrogens is 210 g/mol. The molecule has 0 aliphatic carbocycles. The van der Waals surface area contributed by atoms with Crippen molar-refractivity contribution < 1.29 is 9.59 Å². The minimum absolute atomic E-state index is 0.205. The quantitative estimate of drug-likeness (QED) is 0.589.